The molecule has 0 saturated carbocycles. The number of rotatable bonds is 4. The summed E-state index contributed by atoms with van der Waals surface area (Å²) in [6.45, 7) is 7.94. The van der Waals surface area contributed by atoms with Gasteiger partial charge in [0.1, 0.15) is 0 Å². The first kappa shape index (κ1) is 14.9. The third kappa shape index (κ3) is 3.10. The van der Waals surface area contributed by atoms with E-state index in [0.29, 0.717) is 0 Å². The summed E-state index contributed by atoms with van der Waals surface area (Å²) in [5.74, 6) is 0. The Morgan fingerprint density at radius 1 is 1.24 bits per heavy atom. The normalized spacial score (nSPS) is 16.7. The Bertz CT molecular complexity index is 626. The SMILES string of the molecule is Cc1c(Cl)ccc2c(CCCN3CCNCC3)cn(C)c12. The van der Waals surface area contributed by atoms with Gasteiger partial charge in [0.2, 0.25) is 0 Å². The molecule has 0 spiro atoms. The summed E-state index contributed by atoms with van der Waals surface area (Å²) in [5.41, 5.74) is 3.91. The van der Waals surface area contributed by atoms with E-state index in [9.17, 15) is 0 Å². The van der Waals surface area contributed by atoms with Crippen LogP contribution in [0, 0.1) is 6.92 Å². The van der Waals surface area contributed by atoms with E-state index in [1.807, 2.05) is 6.07 Å². The lowest BCUT2D eigenvalue weighted by Gasteiger charge is -2.26. The molecular formula is C17H24ClN3. The molecule has 1 saturated heterocycles. The Labute approximate surface area is 131 Å². The smallest absolute Gasteiger partial charge is 0.0525 e. The predicted molar refractivity (Wildman–Crippen MR) is 90.3 cm³/mol. The van der Waals surface area contributed by atoms with Crippen LogP contribution < -0.4 is 5.32 Å². The highest BCUT2D eigenvalue weighted by Gasteiger charge is 2.12. The average molecular weight is 306 g/mol. The van der Waals surface area contributed by atoms with Gasteiger partial charge >= 0.3 is 0 Å². The maximum atomic E-state index is 6.25. The molecule has 0 amide bonds. The molecule has 0 radical (unpaired) electrons. The lowest BCUT2D eigenvalue weighted by molar-refractivity contribution is 0.238. The van der Waals surface area contributed by atoms with E-state index in [0.717, 1.165) is 24.5 Å². The number of hydrogen-bond donors (Lipinski definition) is 1. The van der Waals surface area contributed by atoms with Crippen molar-refractivity contribution < 1.29 is 0 Å². The van der Waals surface area contributed by atoms with Crippen LogP contribution in [0.15, 0.2) is 18.3 Å². The van der Waals surface area contributed by atoms with E-state index < -0.39 is 0 Å². The number of aromatic nitrogens is 1. The molecule has 1 N–H and O–H groups in total. The summed E-state index contributed by atoms with van der Waals surface area (Å²) >= 11 is 6.25. The molecule has 1 aromatic heterocycles. The lowest BCUT2D eigenvalue weighted by atomic mass is 10.1. The zero-order valence-electron chi connectivity index (χ0n) is 13.0. The third-order valence-corrected chi connectivity index (χ3v) is 4.95. The second-order valence-corrected chi connectivity index (χ2v) is 6.44. The monoisotopic (exact) mass is 305 g/mol. The number of nitrogens with zero attached hydrogens (tertiary/aromatic N) is 2. The van der Waals surface area contributed by atoms with Crippen molar-refractivity contribution >= 4 is 22.5 Å². The molecule has 1 aliphatic rings. The van der Waals surface area contributed by atoms with Crippen molar-refractivity contribution in [2.24, 2.45) is 7.05 Å². The van der Waals surface area contributed by atoms with Gasteiger partial charge in [0, 0.05) is 49.8 Å². The van der Waals surface area contributed by atoms with Crippen LogP contribution in [0.3, 0.4) is 0 Å². The van der Waals surface area contributed by atoms with Gasteiger partial charge in [-0.05, 0) is 43.5 Å². The van der Waals surface area contributed by atoms with Crippen molar-refractivity contribution in [2.45, 2.75) is 19.8 Å². The fourth-order valence-electron chi connectivity index (χ4n) is 3.38. The Balaban J connectivity index is 1.71. The van der Waals surface area contributed by atoms with Crippen LogP contribution in [-0.2, 0) is 13.5 Å². The molecule has 0 atom stereocenters. The first-order valence-corrected chi connectivity index (χ1v) is 8.20. The van der Waals surface area contributed by atoms with Crippen LogP contribution in [-0.4, -0.2) is 42.2 Å². The van der Waals surface area contributed by atoms with Crippen molar-refractivity contribution in [3.63, 3.8) is 0 Å². The third-order valence-electron chi connectivity index (χ3n) is 4.54. The molecule has 3 rings (SSSR count). The van der Waals surface area contributed by atoms with E-state index in [-0.39, 0.29) is 0 Å². The second-order valence-electron chi connectivity index (χ2n) is 6.03. The molecule has 1 fully saturated rings. The minimum atomic E-state index is 0.857. The highest BCUT2D eigenvalue weighted by Crippen LogP contribution is 2.29. The van der Waals surface area contributed by atoms with Gasteiger partial charge in [-0.1, -0.05) is 17.7 Å². The minimum absolute atomic E-state index is 0.857. The van der Waals surface area contributed by atoms with Gasteiger partial charge in [-0.15, -0.1) is 0 Å². The number of nitrogens with one attached hydrogen (secondary N) is 1. The predicted octanol–water partition coefficient (Wildman–Crippen LogP) is 2.98. The van der Waals surface area contributed by atoms with Crippen molar-refractivity contribution in [2.75, 3.05) is 32.7 Å². The summed E-state index contributed by atoms with van der Waals surface area (Å²) in [5, 5.41) is 5.62. The molecule has 4 heteroatoms. The van der Waals surface area contributed by atoms with Crippen molar-refractivity contribution in [3.8, 4) is 0 Å². The molecule has 0 aliphatic carbocycles. The first-order chi connectivity index (χ1) is 10.2. The van der Waals surface area contributed by atoms with Crippen molar-refractivity contribution in [1.29, 1.82) is 0 Å². The molecular weight excluding hydrogens is 282 g/mol. The molecule has 0 unspecified atom stereocenters. The summed E-state index contributed by atoms with van der Waals surface area (Å²) in [4.78, 5) is 2.56. The number of halogens is 1. The molecule has 0 bridgehead atoms. The van der Waals surface area contributed by atoms with Crippen LogP contribution in [0.5, 0.6) is 0 Å². The van der Waals surface area contributed by atoms with E-state index in [4.69, 9.17) is 11.6 Å². The molecule has 2 aromatic rings. The van der Waals surface area contributed by atoms with E-state index >= 15 is 0 Å². The maximum absolute atomic E-state index is 6.25. The largest absolute Gasteiger partial charge is 0.350 e. The zero-order valence-corrected chi connectivity index (χ0v) is 13.7. The molecule has 2 heterocycles. The van der Waals surface area contributed by atoms with Gasteiger partial charge in [-0.3, -0.25) is 0 Å². The maximum Gasteiger partial charge on any atom is 0.0525 e. The Kier molecular flexibility index (Phi) is 4.53. The Morgan fingerprint density at radius 2 is 2.00 bits per heavy atom. The Morgan fingerprint density at radius 3 is 2.76 bits per heavy atom. The summed E-state index contributed by atoms with van der Waals surface area (Å²) < 4.78 is 2.22. The van der Waals surface area contributed by atoms with E-state index in [2.05, 4.69) is 41.0 Å². The standard InChI is InChI=1S/C17H24ClN3/c1-13-16(18)6-5-15-14(12-20(2)17(13)15)4-3-9-21-10-7-19-8-11-21/h5-6,12,19H,3-4,7-11H2,1-2H3. The van der Waals surface area contributed by atoms with Crippen LogP contribution in [0.4, 0.5) is 0 Å². The minimum Gasteiger partial charge on any atom is -0.350 e. The summed E-state index contributed by atoms with van der Waals surface area (Å²) in [6.07, 6.45) is 4.63. The van der Waals surface area contributed by atoms with E-state index in [1.54, 1.807) is 0 Å². The molecule has 1 aromatic carbocycles. The fraction of sp³-hybridized carbons (Fsp3) is 0.529. The van der Waals surface area contributed by atoms with Gasteiger partial charge in [0.05, 0.1) is 5.52 Å². The number of benzene rings is 1. The number of fused-ring (bicyclic) bond motifs is 1. The highest BCUT2D eigenvalue weighted by molar-refractivity contribution is 6.32. The number of piperazine rings is 1. The number of hydrogen-bond acceptors (Lipinski definition) is 2. The van der Waals surface area contributed by atoms with Gasteiger partial charge in [0.25, 0.3) is 0 Å². The van der Waals surface area contributed by atoms with Crippen LogP contribution >= 0.6 is 11.6 Å². The van der Waals surface area contributed by atoms with Gasteiger partial charge < -0.3 is 14.8 Å². The molecule has 3 nitrogen and oxygen atoms in total. The van der Waals surface area contributed by atoms with Crippen LogP contribution in [0.2, 0.25) is 5.02 Å². The lowest BCUT2D eigenvalue weighted by Crippen LogP contribution is -2.43. The van der Waals surface area contributed by atoms with Crippen molar-refractivity contribution in [1.82, 2.24) is 14.8 Å². The second kappa shape index (κ2) is 6.39. The van der Waals surface area contributed by atoms with Crippen molar-refractivity contribution in [3.05, 3.63) is 34.5 Å². The fourth-order valence-corrected chi connectivity index (χ4v) is 3.54. The van der Waals surface area contributed by atoms with Gasteiger partial charge in [-0.2, -0.15) is 0 Å². The Hall–Kier alpha value is -1.03. The zero-order chi connectivity index (χ0) is 14.8. The highest BCUT2D eigenvalue weighted by atomic mass is 35.5. The summed E-state index contributed by atoms with van der Waals surface area (Å²) in [7, 11) is 2.12. The van der Waals surface area contributed by atoms with Gasteiger partial charge in [-0.25, -0.2) is 0 Å². The van der Waals surface area contributed by atoms with E-state index in [1.165, 1.54) is 48.1 Å². The molecule has 21 heavy (non-hydrogen) atoms. The number of aryl methyl sites for hydroxylation is 3. The topological polar surface area (TPSA) is 20.2 Å². The quantitative estimate of drug-likeness (QED) is 0.937. The van der Waals surface area contributed by atoms with Crippen LogP contribution in [0.1, 0.15) is 17.5 Å². The first-order valence-electron chi connectivity index (χ1n) is 7.83. The van der Waals surface area contributed by atoms with Crippen LogP contribution in [0.25, 0.3) is 10.9 Å². The van der Waals surface area contributed by atoms with Gasteiger partial charge in [0.15, 0.2) is 0 Å². The molecule has 114 valence electrons. The molecule has 1 aliphatic heterocycles. The summed E-state index contributed by atoms with van der Waals surface area (Å²) in [6, 6.07) is 4.20. The average Bonchev–Trinajstić information content (AvgIpc) is 2.81.